The molecule has 1 saturated heterocycles. The van der Waals surface area contributed by atoms with E-state index in [1.54, 1.807) is 12.1 Å². The molecule has 1 aliphatic carbocycles. The summed E-state index contributed by atoms with van der Waals surface area (Å²) in [5.41, 5.74) is 3.10. The number of fused-ring (bicyclic) bond motifs is 1. The number of carbonyl (C=O) groups is 2. The van der Waals surface area contributed by atoms with Crippen molar-refractivity contribution in [1.29, 1.82) is 0 Å². The number of imide groups is 1. The number of phenolic OH excluding ortho intramolecular Hbond substituents is 1. The van der Waals surface area contributed by atoms with E-state index in [1.807, 2.05) is 32.1 Å². The molecule has 1 heterocycles. The SMILES string of the molecule is CCC1=C([C@H](O)CC/C(=C/c2ccccc2O)CC)[C@H](CO)[C@@H]2C(=O)N(c3cccc([N+](=O)[O-])c3)C(=O)[C@@H]2C1. The molecule has 1 fully saturated rings. The predicted octanol–water partition coefficient (Wildman–Crippen LogP) is 4.76. The number of amides is 2. The Morgan fingerprint density at radius 3 is 2.54 bits per heavy atom. The first-order chi connectivity index (χ1) is 18.7. The zero-order valence-electron chi connectivity index (χ0n) is 22.1. The van der Waals surface area contributed by atoms with Crippen LogP contribution in [0, 0.1) is 27.9 Å². The molecule has 0 saturated carbocycles. The molecule has 0 bridgehead atoms. The maximum absolute atomic E-state index is 13.6. The lowest BCUT2D eigenvalue weighted by Gasteiger charge is -2.36. The molecule has 3 N–H and O–H groups in total. The van der Waals surface area contributed by atoms with Crippen molar-refractivity contribution in [3.8, 4) is 5.75 Å². The van der Waals surface area contributed by atoms with E-state index in [9.17, 15) is 35.0 Å². The minimum Gasteiger partial charge on any atom is -0.507 e. The number of hydrogen-bond donors (Lipinski definition) is 3. The van der Waals surface area contributed by atoms with Crippen molar-refractivity contribution in [2.24, 2.45) is 17.8 Å². The number of allylic oxidation sites excluding steroid dienone is 2. The van der Waals surface area contributed by atoms with Gasteiger partial charge in [-0.25, -0.2) is 4.90 Å². The fourth-order valence-corrected chi connectivity index (χ4v) is 5.96. The van der Waals surface area contributed by atoms with E-state index in [4.69, 9.17) is 0 Å². The number of nitro groups is 1. The van der Waals surface area contributed by atoms with Gasteiger partial charge in [-0.1, -0.05) is 55.3 Å². The van der Waals surface area contributed by atoms with E-state index in [2.05, 4.69) is 0 Å². The van der Waals surface area contributed by atoms with Gasteiger partial charge in [0.1, 0.15) is 5.75 Å². The van der Waals surface area contributed by atoms with Gasteiger partial charge in [0.25, 0.3) is 5.69 Å². The lowest BCUT2D eigenvalue weighted by Crippen LogP contribution is -2.39. The topological polar surface area (TPSA) is 141 Å². The zero-order chi connectivity index (χ0) is 28.3. The number of nitro benzene ring substituents is 1. The Morgan fingerprint density at radius 1 is 1.15 bits per heavy atom. The number of non-ortho nitro benzene ring substituents is 1. The molecule has 0 radical (unpaired) electrons. The summed E-state index contributed by atoms with van der Waals surface area (Å²) in [4.78, 5) is 38.7. The predicted molar refractivity (Wildman–Crippen MR) is 147 cm³/mol. The summed E-state index contributed by atoms with van der Waals surface area (Å²) in [5.74, 6) is -3.08. The molecule has 2 amide bonds. The third-order valence-electron chi connectivity index (χ3n) is 7.95. The lowest BCUT2D eigenvalue weighted by molar-refractivity contribution is -0.384. The summed E-state index contributed by atoms with van der Waals surface area (Å²) in [5, 5.41) is 43.2. The maximum atomic E-state index is 13.6. The Kier molecular flexibility index (Phi) is 8.62. The largest absolute Gasteiger partial charge is 0.507 e. The number of rotatable bonds is 10. The van der Waals surface area contributed by atoms with E-state index in [-0.39, 0.29) is 23.5 Å². The van der Waals surface area contributed by atoms with Crippen molar-refractivity contribution >= 4 is 29.3 Å². The number of benzene rings is 2. The maximum Gasteiger partial charge on any atom is 0.271 e. The molecular weight excluding hydrogens is 500 g/mol. The number of aromatic hydroxyl groups is 1. The number of para-hydroxylation sites is 1. The van der Waals surface area contributed by atoms with Crippen molar-refractivity contribution in [3.05, 3.63) is 80.9 Å². The van der Waals surface area contributed by atoms with E-state index < -0.39 is 47.2 Å². The molecule has 2 aromatic carbocycles. The van der Waals surface area contributed by atoms with Crippen molar-refractivity contribution < 1.29 is 29.8 Å². The number of hydrogen-bond acceptors (Lipinski definition) is 7. The van der Waals surface area contributed by atoms with Crippen molar-refractivity contribution in [2.45, 2.75) is 52.1 Å². The summed E-state index contributed by atoms with van der Waals surface area (Å²) >= 11 is 0. The Hall–Kier alpha value is -3.82. The van der Waals surface area contributed by atoms with Crippen LogP contribution in [0.1, 0.15) is 51.5 Å². The molecule has 0 aromatic heterocycles. The smallest absolute Gasteiger partial charge is 0.271 e. The Labute approximate surface area is 227 Å². The van der Waals surface area contributed by atoms with Crippen molar-refractivity contribution in [3.63, 3.8) is 0 Å². The van der Waals surface area contributed by atoms with Crippen LogP contribution in [0.5, 0.6) is 5.75 Å². The average molecular weight is 535 g/mol. The first-order valence-corrected chi connectivity index (χ1v) is 13.3. The molecule has 206 valence electrons. The van der Waals surface area contributed by atoms with Gasteiger partial charge < -0.3 is 15.3 Å². The molecule has 4 rings (SSSR count). The summed E-state index contributed by atoms with van der Waals surface area (Å²) in [6.07, 6.45) is 3.45. The number of anilines is 1. The minimum atomic E-state index is -0.924. The third-order valence-corrected chi connectivity index (χ3v) is 7.95. The van der Waals surface area contributed by atoms with Gasteiger partial charge in [-0.2, -0.15) is 0 Å². The summed E-state index contributed by atoms with van der Waals surface area (Å²) in [7, 11) is 0. The van der Waals surface area contributed by atoms with Crippen LogP contribution in [0.4, 0.5) is 11.4 Å². The highest BCUT2D eigenvalue weighted by atomic mass is 16.6. The highest BCUT2D eigenvalue weighted by molar-refractivity contribution is 6.22. The van der Waals surface area contributed by atoms with Gasteiger partial charge in [-0.15, -0.1) is 0 Å². The number of aliphatic hydroxyl groups is 2. The lowest BCUT2D eigenvalue weighted by atomic mass is 9.67. The van der Waals surface area contributed by atoms with Crippen molar-refractivity contribution in [1.82, 2.24) is 0 Å². The van der Waals surface area contributed by atoms with E-state index in [1.165, 1.54) is 24.3 Å². The molecule has 4 atom stereocenters. The quantitative estimate of drug-likeness (QED) is 0.173. The molecule has 2 aliphatic rings. The normalized spacial score (nSPS) is 22.3. The van der Waals surface area contributed by atoms with Gasteiger partial charge in [0.05, 0.1) is 35.2 Å². The molecule has 0 unspecified atom stereocenters. The van der Waals surface area contributed by atoms with Gasteiger partial charge in [-0.05, 0) is 49.8 Å². The monoisotopic (exact) mass is 534 g/mol. The van der Waals surface area contributed by atoms with Crippen LogP contribution in [0.3, 0.4) is 0 Å². The van der Waals surface area contributed by atoms with E-state index >= 15 is 0 Å². The molecule has 2 aromatic rings. The molecular formula is C30H34N2O7. The van der Waals surface area contributed by atoms with Gasteiger partial charge in [0.15, 0.2) is 0 Å². The van der Waals surface area contributed by atoms with E-state index in [0.29, 0.717) is 30.4 Å². The summed E-state index contributed by atoms with van der Waals surface area (Å²) in [6, 6.07) is 12.4. The third kappa shape index (κ3) is 5.51. The fraction of sp³-hybridized carbons (Fsp3) is 0.400. The van der Waals surface area contributed by atoms with Crippen molar-refractivity contribution in [2.75, 3.05) is 11.5 Å². The van der Waals surface area contributed by atoms with Crippen LogP contribution >= 0.6 is 0 Å². The highest BCUT2D eigenvalue weighted by Gasteiger charge is 2.55. The first kappa shape index (κ1) is 28.2. The van der Waals surface area contributed by atoms with Crippen LogP contribution in [0.15, 0.2) is 65.3 Å². The van der Waals surface area contributed by atoms with Gasteiger partial charge in [0.2, 0.25) is 11.8 Å². The second-order valence-electron chi connectivity index (χ2n) is 10.1. The molecule has 9 nitrogen and oxygen atoms in total. The summed E-state index contributed by atoms with van der Waals surface area (Å²) < 4.78 is 0. The van der Waals surface area contributed by atoms with Crippen LogP contribution in [0.2, 0.25) is 0 Å². The van der Waals surface area contributed by atoms with Crippen LogP contribution in [-0.4, -0.2) is 44.8 Å². The average Bonchev–Trinajstić information content (AvgIpc) is 3.19. The summed E-state index contributed by atoms with van der Waals surface area (Å²) in [6.45, 7) is 3.52. The molecule has 9 heteroatoms. The number of aliphatic hydroxyl groups excluding tert-OH is 2. The highest BCUT2D eigenvalue weighted by Crippen LogP contribution is 2.48. The number of nitrogens with zero attached hydrogens (tertiary/aromatic N) is 2. The van der Waals surface area contributed by atoms with Gasteiger partial charge in [0, 0.05) is 23.6 Å². The van der Waals surface area contributed by atoms with Crippen LogP contribution in [0.25, 0.3) is 6.08 Å². The Morgan fingerprint density at radius 2 is 1.90 bits per heavy atom. The Bertz CT molecular complexity index is 1330. The second-order valence-corrected chi connectivity index (χ2v) is 10.1. The molecule has 1 aliphatic heterocycles. The Balaban J connectivity index is 1.60. The fourth-order valence-electron chi connectivity index (χ4n) is 5.96. The molecule has 39 heavy (non-hydrogen) atoms. The number of phenols is 1. The number of carbonyl (C=O) groups excluding carboxylic acids is 2. The second kappa shape index (κ2) is 11.9. The molecule has 0 spiro atoms. The van der Waals surface area contributed by atoms with Crippen LogP contribution < -0.4 is 4.90 Å². The van der Waals surface area contributed by atoms with E-state index in [0.717, 1.165) is 22.5 Å². The first-order valence-electron chi connectivity index (χ1n) is 13.3. The minimum absolute atomic E-state index is 0.132. The van der Waals surface area contributed by atoms with Gasteiger partial charge >= 0.3 is 0 Å². The van der Waals surface area contributed by atoms with Crippen LogP contribution in [-0.2, 0) is 9.59 Å². The zero-order valence-corrected chi connectivity index (χ0v) is 22.1. The standard InChI is InChI=1S/C30H34N2O7/c1-3-18(14-20-8-5-6-11-25(20)34)12-13-26(35)27-19(4-2)15-23-28(24(27)17-33)30(37)31(29(23)36)21-9-7-10-22(16-21)32(38)39/h5-11,14,16,23-24,26,28,33-35H,3-4,12-13,15,17H2,1-2H3/b18-14+/t23-,24+,26-,28-/m1/s1. The van der Waals surface area contributed by atoms with Gasteiger partial charge in [-0.3, -0.25) is 19.7 Å².